The maximum atomic E-state index is 11.9. The number of piperidine rings is 2. The fourth-order valence-corrected chi connectivity index (χ4v) is 4.97. The van der Waals surface area contributed by atoms with E-state index in [9.17, 15) is 9.90 Å². The van der Waals surface area contributed by atoms with Gasteiger partial charge in [0.25, 0.3) is 0 Å². The standard InChI is InChI=1S/C25H30Cl2N2O3/c26-22-9-8-21(16-23(22)27)32-20-10-14-28(15-11-20)17-18-4-6-19(7-5-18)24(25(30)31)29-12-2-1-3-13-29/h4-9,16,20,24H,1-3,10-15,17H2,(H,30,31). The van der Waals surface area contributed by atoms with Crippen LogP contribution in [0.5, 0.6) is 5.75 Å². The Kier molecular flexibility index (Phi) is 7.95. The Balaban J connectivity index is 1.29. The van der Waals surface area contributed by atoms with Gasteiger partial charge in [0.15, 0.2) is 0 Å². The van der Waals surface area contributed by atoms with Crippen molar-refractivity contribution < 1.29 is 14.6 Å². The van der Waals surface area contributed by atoms with Crippen LogP contribution in [0.15, 0.2) is 42.5 Å². The van der Waals surface area contributed by atoms with Crippen LogP contribution in [0.25, 0.3) is 0 Å². The van der Waals surface area contributed by atoms with E-state index >= 15 is 0 Å². The highest BCUT2D eigenvalue weighted by molar-refractivity contribution is 6.42. The van der Waals surface area contributed by atoms with Gasteiger partial charge in [-0.15, -0.1) is 0 Å². The van der Waals surface area contributed by atoms with Crippen LogP contribution in [0.1, 0.15) is 49.3 Å². The third-order valence-corrected chi connectivity index (χ3v) is 7.16. The molecule has 2 aromatic rings. The summed E-state index contributed by atoms with van der Waals surface area (Å²) in [6, 6.07) is 13.0. The number of carboxylic acid groups (broad SMARTS) is 1. The summed E-state index contributed by atoms with van der Waals surface area (Å²) in [5, 5.41) is 10.8. The van der Waals surface area contributed by atoms with Crippen molar-refractivity contribution in [3.8, 4) is 5.75 Å². The molecule has 172 valence electrons. The van der Waals surface area contributed by atoms with Crippen molar-refractivity contribution >= 4 is 29.2 Å². The molecule has 7 heteroatoms. The SMILES string of the molecule is O=C(O)C(c1ccc(CN2CCC(Oc3ccc(Cl)c(Cl)c3)CC2)cc1)N1CCCCC1. The Morgan fingerprint density at radius 3 is 2.28 bits per heavy atom. The molecule has 0 aliphatic carbocycles. The lowest BCUT2D eigenvalue weighted by Gasteiger charge is -2.33. The summed E-state index contributed by atoms with van der Waals surface area (Å²) in [6.07, 6.45) is 5.42. The van der Waals surface area contributed by atoms with Gasteiger partial charge in [0.05, 0.1) is 10.0 Å². The number of ether oxygens (including phenoxy) is 1. The van der Waals surface area contributed by atoms with Gasteiger partial charge in [0, 0.05) is 25.7 Å². The Bertz CT molecular complexity index is 908. The number of hydrogen-bond acceptors (Lipinski definition) is 4. The number of aliphatic carboxylic acids is 1. The quantitative estimate of drug-likeness (QED) is 0.559. The Morgan fingerprint density at radius 1 is 0.969 bits per heavy atom. The van der Waals surface area contributed by atoms with Gasteiger partial charge in [0.1, 0.15) is 17.9 Å². The highest BCUT2D eigenvalue weighted by Crippen LogP contribution is 2.29. The number of benzene rings is 2. The molecule has 2 aliphatic rings. The molecule has 1 atom stereocenters. The molecule has 2 aromatic carbocycles. The number of carboxylic acids is 1. The van der Waals surface area contributed by atoms with Crippen molar-refractivity contribution in [1.82, 2.24) is 9.80 Å². The van der Waals surface area contributed by atoms with Gasteiger partial charge in [0.2, 0.25) is 0 Å². The first-order chi connectivity index (χ1) is 15.5. The first kappa shape index (κ1) is 23.4. The maximum Gasteiger partial charge on any atom is 0.325 e. The molecule has 4 rings (SSSR count). The summed E-state index contributed by atoms with van der Waals surface area (Å²) in [7, 11) is 0. The van der Waals surface area contributed by atoms with Gasteiger partial charge in [-0.05, 0) is 62.0 Å². The van der Waals surface area contributed by atoms with Crippen LogP contribution >= 0.6 is 23.2 Å². The number of carbonyl (C=O) groups is 1. The molecule has 0 amide bonds. The molecule has 5 nitrogen and oxygen atoms in total. The zero-order valence-corrected chi connectivity index (χ0v) is 19.7. The lowest BCUT2D eigenvalue weighted by atomic mass is 10.00. The minimum Gasteiger partial charge on any atom is -0.490 e. The van der Waals surface area contributed by atoms with Crippen LogP contribution in [0.4, 0.5) is 0 Å². The van der Waals surface area contributed by atoms with Crippen molar-refractivity contribution in [2.45, 2.75) is 50.8 Å². The van der Waals surface area contributed by atoms with Crippen LogP contribution in [0, 0.1) is 0 Å². The summed E-state index contributed by atoms with van der Waals surface area (Å²) in [5.41, 5.74) is 2.08. The highest BCUT2D eigenvalue weighted by atomic mass is 35.5. The van der Waals surface area contributed by atoms with E-state index in [2.05, 4.69) is 21.9 Å². The Morgan fingerprint density at radius 2 is 1.66 bits per heavy atom. The monoisotopic (exact) mass is 476 g/mol. The molecule has 32 heavy (non-hydrogen) atoms. The van der Waals surface area contributed by atoms with Crippen LogP contribution in [0.2, 0.25) is 10.0 Å². The smallest absolute Gasteiger partial charge is 0.325 e. The first-order valence-electron chi connectivity index (χ1n) is 11.4. The van der Waals surface area contributed by atoms with Gasteiger partial charge in [-0.1, -0.05) is 53.9 Å². The maximum absolute atomic E-state index is 11.9. The Labute approximate surface area is 199 Å². The lowest BCUT2D eigenvalue weighted by molar-refractivity contribution is -0.144. The van der Waals surface area contributed by atoms with Crippen molar-refractivity contribution in [3.05, 3.63) is 63.6 Å². The molecular formula is C25H30Cl2N2O3. The molecule has 2 fully saturated rings. The minimum absolute atomic E-state index is 0.173. The van der Waals surface area contributed by atoms with Crippen molar-refractivity contribution in [2.24, 2.45) is 0 Å². The van der Waals surface area contributed by atoms with Crippen LogP contribution in [-0.2, 0) is 11.3 Å². The van der Waals surface area contributed by atoms with Crippen LogP contribution < -0.4 is 4.74 Å². The van der Waals surface area contributed by atoms with Gasteiger partial charge in [-0.25, -0.2) is 0 Å². The van der Waals surface area contributed by atoms with E-state index in [-0.39, 0.29) is 6.10 Å². The normalized spacial score (nSPS) is 19.6. The predicted octanol–water partition coefficient (Wildman–Crippen LogP) is 5.65. The third kappa shape index (κ3) is 5.96. The van der Waals surface area contributed by atoms with E-state index in [0.29, 0.717) is 10.0 Å². The van der Waals surface area contributed by atoms with E-state index in [1.807, 2.05) is 18.2 Å². The third-order valence-electron chi connectivity index (χ3n) is 6.42. The molecule has 0 bridgehead atoms. The summed E-state index contributed by atoms with van der Waals surface area (Å²) in [4.78, 5) is 16.4. The van der Waals surface area contributed by atoms with E-state index in [4.69, 9.17) is 27.9 Å². The second kappa shape index (κ2) is 10.9. The van der Waals surface area contributed by atoms with Gasteiger partial charge < -0.3 is 9.84 Å². The topological polar surface area (TPSA) is 53.0 Å². The van der Waals surface area contributed by atoms with Gasteiger partial charge in [-0.2, -0.15) is 0 Å². The van der Waals surface area contributed by atoms with E-state index < -0.39 is 12.0 Å². The number of halogens is 2. The summed E-state index contributed by atoms with van der Waals surface area (Å²) < 4.78 is 6.08. The zero-order valence-electron chi connectivity index (χ0n) is 18.2. The van der Waals surface area contributed by atoms with E-state index in [1.165, 1.54) is 12.0 Å². The molecule has 2 aliphatic heterocycles. The predicted molar refractivity (Wildman–Crippen MR) is 128 cm³/mol. The van der Waals surface area contributed by atoms with Crippen molar-refractivity contribution in [3.63, 3.8) is 0 Å². The van der Waals surface area contributed by atoms with E-state index in [0.717, 1.165) is 69.7 Å². The molecule has 1 N–H and O–H groups in total. The molecule has 0 radical (unpaired) electrons. The minimum atomic E-state index is -0.760. The molecular weight excluding hydrogens is 447 g/mol. The highest BCUT2D eigenvalue weighted by Gasteiger charge is 2.28. The summed E-state index contributed by atoms with van der Waals surface area (Å²) in [5.74, 6) is -0.00109. The second-order valence-corrected chi connectivity index (χ2v) is 9.56. The largest absolute Gasteiger partial charge is 0.490 e. The van der Waals surface area contributed by atoms with Crippen LogP contribution in [-0.4, -0.2) is 53.2 Å². The van der Waals surface area contributed by atoms with Gasteiger partial charge in [-0.3, -0.25) is 14.6 Å². The fourth-order valence-electron chi connectivity index (χ4n) is 4.68. The number of nitrogens with zero attached hydrogens (tertiary/aromatic N) is 2. The Hall–Kier alpha value is -1.79. The summed E-state index contributed by atoms with van der Waals surface area (Å²) >= 11 is 12.1. The fraction of sp³-hybridized carbons (Fsp3) is 0.480. The first-order valence-corrected chi connectivity index (χ1v) is 12.1. The van der Waals surface area contributed by atoms with Crippen molar-refractivity contribution in [1.29, 1.82) is 0 Å². The van der Waals surface area contributed by atoms with Crippen molar-refractivity contribution in [2.75, 3.05) is 26.2 Å². The average Bonchev–Trinajstić information content (AvgIpc) is 2.79. The number of rotatable bonds is 7. The molecule has 1 unspecified atom stereocenters. The zero-order chi connectivity index (χ0) is 22.5. The summed E-state index contributed by atoms with van der Waals surface area (Å²) in [6.45, 7) is 4.50. The number of hydrogen-bond donors (Lipinski definition) is 1. The van der Waals surface area contributed by atoms with Gasteiger partial charge >= 0.3 is 5.97 Å². The lowest BCUT2D eigenvalue weighted by Crippen LogP contribution is -2.38. The molecule has 0 saturated carbocycles. The molecule has 0 aromatic heterocycles. The van der Waals surface area contributed by atoms with Crippen LogP contribution in [0.3, 0.4) is 0 Å². The molecule has 0 spiro atoms. The second-order valence-electron chi connectivity index (χ2n) is 8.75. The molecule has 2 saturated heterocycles. The molecule has 2 heterocycles. The van der Waals surface area contributed by atoms with E-state index in [1.54, 1.807) is 12.1 Å². The average molecular weight is 477 g/mol. The number of likely N-dealkylation sites (tertiary alicyclic amines) is 2.